The quantitative estimate of drug-likeness (QED) is 0.691. The number of rotatable bonds is 5. The van der Waals surface area contributed by atoms with Crippen LogP contribution < -0.4 is 0 Å². The first-order valence-electron chi connectivity index (χ1n) is 5.49. The van der Waals surface area contributed by atoms with Crippen LogP contribution in [0, 0.1) is 5.92 Å². The van der Waals surface area contributed by atoms with E-state index >= 15 is 0 Å². The first kappa shape index (κ1) is 13.7. The lowest BCUT2D eigenvalue weighted by molar-refractivity contribution is 0.0978. The lowest BCUT2D eigenvalue weighted by Crippen LogP contribution is -2.00. The highest BCUT2D eigenvalue weighted by Crippen LogP contribution is 2.24. The summed E-state index contributed by atoms with van der Waals surface area (Å²) in [6.07, 6.45) is 2.67. The van der Waals surface area contributed by atoms with Crippen LogP contribution in [-0.2, 0) is 0 Å². The molecule has 0 aliphatic carbocycles. The smallest absolute Gasteiger partial charge is 0.162 e. The Morgan fingerprint density at radius 3 is 2.69 bits per heavy atom. The molecule has 0 aromatic heterocycles. The molecule has 1 nitrogen and oxygen atoms in total. The molecule has 1 rings (SSSR count). The second kappa shape index (κ2) is 6.41. The number of halogens is 2. The van der Waals surface area contributed by atoms with Crippen LogP contribution in [0.1, 0.15) is 43.5 Å². The standard InChI is InChI=1S/C13H16BrClO/c1-9(2)4-3-5-13(16)10-6-7-12(15)11(14)8-10/h6-9H,3-5H2,1-2H3. The molecule has 0 saturated heterocycles. The summed E-state index contributed by atoms with van der Waals surface area (Å²) in [7, 11) is 0. The normalized spacial score (nSPS) is 10.8. The summed E-state index contributed by atoms with van der Waals surface area (Å²) in [4.78, 5) is 11.8. The van der Waals surface area contributed by atoms with Gasteiger partial charge < -0.3 is 0 Å². The van der Waals surface area contributed by atoms with Gasteiger partial charge in [-0.25, -0.2) is 0 Å². The lowest BCUT2D eigenvalue weighted by Gasteiger charge is -2.05. The molecule has 1 aromatic carbocycles. The number of carbonyl (C=O) groups is 1. The molecule has 1 aromatic rings. The summed E-state index contributed by atoms with van der Waals surface area (Å²) in [5, 5.41) is 0.638. The van der Waals surface area contributed by atoms with E-state index in [1.165, 1.54) is 0 Å². The number of ketones is 1. The van der Waals surface area contributed by atoms with Gasteiger partial charge in [-0.3, -0.25) is 4.79 Å². The minimum atomic E-state index is 0.193. The van der Waals surface area contributed by atoms with Crippen LogP contribution in [0.4, 0.5) is 0 Å². The van der Waals surface area contributed by atoms with Crippen LogP contribution in [0.25, 0.3) is 0 Å². The molecule has 0 unspecified atom stereocenters. The van der Waals surface area contributed by atoms with Crippen molar-refractivity contribution in [1.82, 2.24) is 0 Å². The Morgan fingerprint density at radius 2 is 2.12 bits per heavy atom. The summed E-state index contributed by atoms with van der Waals surface area (Å²) in [6, 6.07) is 5.33. The van der Waals surface area contributed by atoms with E-state index in [4.69, 9.17) is 11.6 Å². The van der Waals surface area contributed by atoms with Crippen LogP contribution in [0.2, 0.25) is 5.02 Å². The number of hydrogen-bond acceptors (Lipinski definition) is 1. The number of benzene rings is 1. The predicted molar refractivity (Wildman–Crippen MR) is 72.2 cm³/mol. The molecule has 0 atom stereocenters. The van der Waals surface area contributed by atoms with Gasteiger partial charge in [0, 0.05) is 16.5 Å². The van der Waals surface area contributed by atoms with E-state index in [2.05, 4.69) is 29.8 Å². The zero-order valence-electron chi connectivity index (χ0n) is 9.59. The Balaban J connectivity index is 2.56. The van der Waals surface area contributed by atoms with E-state index in [9.17, 15) is 4.79 Å². The molecule has 0 saturated carbocycles. The maximum Gasteiger partial charge on any atom is 0.162 e. The Kier molecular flexibility index (Phi) is 5.50. The monoisotopic (exact) mass is 302 g/mol. The molecule has 0 heterocycles. The first-order valence-corrected chi connectivity index (χ1v) is 6.66. The number of carbonyl (C=O) groups excluding carboxylic acids is 1. The van der Waals surface area contributed by atoms with Gasteiger partial charge in [0.15, 0.2) is 5.78 Å². The molecule has 0 N–H and O–H groups in total. The maximum absolute atomic E-state index is 11.8. The van der Waals surface area contributed by atoms with Gasteiger partial charge in [0.2, 0.25) is 0 Å². The molecule has 0 spiro atoms. The fraction of sp³-hybridized carbons (Fsp3) is 0.462. The van der Waals surface area contributed by atoms with E-state index in [1.54, 1.807) is 18.2 Å². The average molecular weight is 304 g/mol. The van der Waals surface area contributed by atoms with Crippen molar-refractivity contribution in [3.8, 4) is 0 Å². The van der Waals surface area contributed by atoms with E-state index < -0.39 is 0 Å². The molecule has 0 amide bonds. The van der Waals surface area contributed by atoms with Gasteiger partial charge in [-0.15, -0.1) is 0 Å². The van der Waals surface area contributed by atoms with Crippen molar-refractivity contribution in [3.63, 3.8) is 0 Å². The van der Waals surface area contributed by atoms with Crippen molar-refractivity contribution >= 4 is 33.3 Å². The Labute approximate surface area is 110 Å². The molecule has 0 aliphatic heterocycles. The molecule has 0 radical (unpaired) electrons. The summed E-state index contributed by atoms with van der Waals surface area (Å²) in [5.74, 6) is 0.850. The van der Waals surface area contributed by atoms with Crippen LogP contribution in [0.15, 0.2) is 22.7 Å². The van der Waals surface area contributed by atoms with E-state index in [-0.39, 0.29) is 5.78 Å². The molecule has 3 heteroatoms. The van der Waals surface area contributed by atoms with Gasteiger partial charge >= 0.3 is 0 Å². The average Bonchev–Trinajstić information content (AvgIpc) is 2.21. The number of Topliss-reactive ketones (excluding diaryl/α,β-unsaturated/α-hetero) is 1. The molecular formula is C13H16BrClO. The molecular weight excluding hydrogens is 287 g/mol. The summed E-state index contributed by atoms with van der Waals surface area (Å²) >= 11 is 9.19. The molecule has 16 heavy (non-hydrogen) atoms. The van der Waals surface area contributed by atoms with Crippen molar-refractivity contribution in [1.29, 1.82) is 0 Å². The first-order chi connectivity index (χ1) is 7.50. The van der Waals surface area contributed by atoms with Crippen LogP contribution in [0.3, 0.4) is 0 Å². The van der Waals surface area contributed by atoms with Gasteiger partial charge in [-0.1, -0.05) is 31.9 Å². The summed E-state index contributed by atoms with van der Waals surface area (Å²) < 4.78 is 0.781. The van der Waals surface area contributed by atoms with Crippen LogP contribution in [-0.4, -0.2) is 5.78 Å². The molecule has 0 bridgehead atoms. The van der Waals surface area contributed by atoms with Crippen LogP contribution in [0.5, 0.6) is 0 Å². The van der Waals surface area contributed by atoms with Crippen molar-refractivity contribution < 1.29 is 4.79 Å². The lowest BCUT2D eigenvalue weighted by atomic mass is 10.0. The summed E-state index contributed by atoms with van der Waals surface area (Å²) in [5.41, 5.74) is 0.736. The van der Waals surface area contributed by atoms with Gasteiger partial charge in [0.1, 0.15) is 0 Å². The van der Waals surface area contributed by atoms with Crippen LogP contribution >= 0.6 is 27.5 Å². The minimum absolute atomic E-state index is 0.193. The highest BCUT2D eigenvalue weighted by atomic mass is 79.9. The summed E-state index contributed by atoms with van der Waals surface area (Å²) in [6.45, 7) is 4.34. The second-order valence-electron chi connectivity index (χ2n) is 4.34. The second-order valence-corrected chi connectivity index (χ2v) is 5.60. The highest BCUT2D eigenvalue weighted by molar-refractivity contribution is 9.10. The largest absolute Gasteiger partial charge is 0.294 e. The van der Waals surface area contributed by atoms with E-state index in [1.807, 2.05) is 0 Å². The Morgan fingerprint density at radius 1 is 1.44 bits per heavy atom. The predicted octanol–water partition coefficient (Wildman–Crippen LogP) is 5.11. The Bertz CT molecular complexity index is 374. The Hall–Kier alpha value is -0.340. The van der Waals surface area contributed by atoms with Gasteiger partial charge in [0.25, 0.3) is 0 Å². The third-order valence-electron chi connectivity index (χ3n) is 2.43. The number of hydrogen-bond donors (Lipinski definition) is 0. The minimum Gasteiger partial charge on any atom is -0.294 e. The fourth-order valence-electron chi connectivity index (χ4n) is 1.48. The van der Waals surface area contributed by atoms with Gasteiger partial charge in [-0.2, -0.15) is 0 Å². The van der Waals surface area contributed by atoms with E-state index in [0.717, 1.165) is 22.9 Å². The van der Waals surface area contributed by atoms with Crippen molar-refractivity contribution in [3.05, 3.63) is 33.3 Å². The van der Waals surface area contributed by atoms with Crippen molar-refractivity contribution in [2.75, 3.05) is 0 Å². The maximum atomic E-state index is 11.8. The molecule has 0 fully saturated rings. The third kappa shape index (κ3) is 4.26. The topological polar surface area (TPSA) is 17.1 Å². The zero-order chi connectivity index (χ0) is 12.1. The fourth-order valence-corrected chi connectivity index (χ4v) is 1.98. The highest BCUT2D eigenvalue weighted by Gasteiger charge is 2.08. The van der Waals surface area contributed by atoms with Crippen molar-refractivity contribution in [2.45, 2.75) is 33.1 Å². The van der Waals surface area contributed by atoms with Gasteiger partial charge in [0.05, 0.1) is 5.02 Å². The molecule has 0 aliphatic rings. The zero-order valence-corrected chi connectivity index (χ0v) is 11.9. The molecule has 88 valence electrons. The van der Waals surface area contributed by atoms with Gasteiger partial charge in [-0.05, 0) is 46.5 Å². The van der Waals surface area contributed by atoms with Crippen molar-refractivity contribution in [2.24, 2.45) is 5.92 Å². The third-order valence-corrected chi connectivity index (χ3v) is 3.64. The SMILES string of the molecule is CC(C)CCCC(=O)c1ccc(Cl)c(Br)c1. The van der Waals surface area contributed by atoms with E-state index in [0.29, 0.717) is 17.4 Å².